The molecular weight excluding hydrogens is 360 g/mol. The lowest BCUT2D eigenvalue weighted by Crippen LogP contribution is -2.40. The van der Waals surface area contributed by atoms with Gasteiger partial charge < -0.3 is 14.2 Å². The van der Waals surface area contributed by atoms with Crippen LogP contribution in [0.15, 0.2) is 23.4 Å². The van der Waals surface area contributed by atoms with Gasteiger partial charge in [0.2, 0.25) is 5.91 Å². The number of nitrogens with zero attached hydrogens (tertiary/aromatic N) is 4. The predicted octanol–water partition coefficient (Wildman–Crippen LogP) is 3.36. The van der Waals surface area contributed by atoms with Gasteiger partial charge in [-0.2, -0.15) is 0 Å². The Hall–Kier alpha value is -2.02. The fourth-order valence-corrected chi connectivity index (χ4v) is 4.09. The van der Waals surface area contributed by atoms with Crippen LogP contribution in [0.1, 0.15) is 36.7 Å². The summed E-state index contributed by atoms with van der Waals surface area (Å²) in [6, 6.07) is 6.02. The van der Waals surface area contributed by atoms with Crippen LogP contribution >= 0.6 is 11.8 Å². The van der Waals surface area contributed by atoms with Crippen molar-refractivity contribution in [3.63, 3.8) is 0 Å². The number of aromatic nitrogens is 3. The van der Waals surface area contributed by atoms with Crippen LogP contribution in [0.4, 0.5) is 0 Å². The summed E-state index contributed by atoms with van der Waals surface area (Å²) in [6.07, 6.45) is 2.31. The minimum atomic E-state index is 0.183. The summed E-state index contributed by atoms with van der Waals surface area (Å²) in [6.45, 7) is 8.42. The Bertz CT molecular complexity index is 805. The molecule has 0 radical (unpaired) electrons. The van der Waals surface area contributed by atoms with E-state index >= 15 is 0 Å². The number of piperidine rings is 1. The molecule has 1 amide bonds. The molecule has 1 aliphatic heterocycles. The number of rotatable bonds is 6. The Kier molecular flexibility index (Phi) is 6.42. The Balaban J connectivity index is 1.55. The molecule has 2 aromatic rings. The molecule has 3 rings (SSSR count). The van der Waals surface area contributed by atoms with Crippen molar-refractivity contribution >= 4 is 17.7 Å². The van der Waals surface area contributed by atoms with Crippen molar-refractivity contribution in [2.24, 2.45) is 13.0 Å². The SMILES string of the molecule is Cc1cccc(OCc2nnc(SCC(=O)N3CCCC(C)C3)n2C)c1C. The number of amides is 1. The second-order valence-electron chi connectivity index (χ2n) is 7.32. The van der Waals surface area contributed by atoms with Crippen LogP contribution in [-0.2, 0) is 18.4 Å². The first-order chi connectivity index (χ1) is 13.0. The second-order valence-corrected chi connectivity index (χ2v) is 8.26. The van der Waals surface area contributed by atoms with Crippen molar-refractivity contribution in [3.05, 3.63) is 35.2 Å². The standard InChI is InChI=1S/C20H28N4O2S/c1-14-7-6-10-24(11-14)19(25)13-27-20-22-21-18(23(20)4)12-26-17-9-5-8-15(2)16(17)3/h5,8-9,14H,6-7,10-13H2,1-4H3. The van der Waals surface area contributed by atoms with Gasteiger partial charge in [-0.3, -0.25) is 4.79 Å². The average molecular weight is 389 g/mol. The molecule has 0 N–H and O–H groups in total. The van der Waals surface area contributed by atoms with Crippen molar-refractivity contribution in [1.82, 2.24) is 19.7 Å². The summed E-state index contributed by atoms with van der Waals surface area (Å²) in [5.74, 6) is 2.79. The molecule has 146 valence electrons. The van der Waals surface area contributed by atoms with Gasteiger partial charge in [0, 0.05) is 20.1 Å². The minimum absolute atomic E-state index is 0.183. The summed E-state index contributed by atoms with van der Waals surface area (Å²) < 4.78 is 7.83. The highest BCUT2D eigenvalue weighted by Crippen LogP contribution is 2.23. The molecule has 0 spiro atoms. The molecule has 1 unspecified atom stereocenters. The van der Waals surface area contributed by atoms with Gasteiger partial charge in [0.15, 0.2) is 11.0 Å². The fourth-order valence-electron chi connectivity index (χ4n) is 3.25. The summed E-state index contributed by atoms with van der Waals surface area (Å²) in [4.78, 5) is 14.4. The number of thioether (sulfide) groups is 1. The molecule has 1 aromatic heterocycles. The molecule has 1 aromatic carbocycles. The molecule has 0 saturated carbocycles. The molecule has 7 heteroatoms. The molecule has 1 atom stereocenters. The van der Waals surface area contributed by atoms with Crippen LogP contribution in [-0.4, -0.2) is 44.4 Å². The van der Waals surface area contributed by atoms with Crippen LogP contribution < -0.4 is 4.74 Å². The van der Waals surface area contributed by atoms with Crippen molar-refractivity contribution in [2.75, 3.05) is 18.8 Å². The zero-order chi connectivity index (χ0) is 19.4. The summed E-state index contributed by atoms with van der Waals surface area (Å²) >= 11 is 1.44. The number of aryl methyl sites for hydroxylation is 1. The number of hydrogen-bond acceptors (Lipinski definition) is 5. The zero-order valence-electron chi connectivity index (χ0n) is 16.6. The molecule has 2 heterocycles. The number of carbonyl (C=O) groups is 1. The Morgan fingerprint density at radius 1 is 1.33 bits per heavy atom. The van der Waals surface area contributed by atoms with Gasteiger partial charge in [0.1, 0.15) is 12.4 Å². The minimum Gasteiger partial charge on any atom is -0.485 e. The third-order valence-electron chi connectivity index (χ3n) is 5.17. The van der Waals surface area contributed by atoms with Crippen LogP contribution in [0.3, 0.4) is 0 Å². The third-order valence-corrected chi connectivity index (χ3v) is 6.18. The van der Waals surface area contributed by atoms with Gasteiger partial charge in [0.25, 0.3) is 0 Å². The highest BCUT2D eigenvalue weighted by Gasteiger charge is 2.21. The third kappa shape index (κ3) is 4.83. The van der Waals surface area contributed by atoms with Crippen molar-refractivity contribution in [3.8, 4) is 5.75 Å². The number of carbonyl (C=O) groups excluding carboxylic acids is 1. The Morgan fingerprint density at radius 2 is 2.15 bits per heavy atom. The molecule has 0 aliphatic carbocycles. The summed E-state index contributed by atoms with van der Waals surface area (Å²) in [5.41, 5.74) is 2.34. The van der Waals surface area contributed by atoms with E-state index in [2.05, 4.69) is 37.0 Å². The molecule has 1 saturated heterocycles. The van der Waals surface area contributed by atoms with E-state index in [0.29, 0.717) is 18.3 Å². The highest BCUT2D eigenvalue weighted by atomic mass is 32.2. The largest absolute Gasteiger partial charge is 0.485 e. The number of hydrogen-bond donors (Lipinski definition) is 0. The summed E-state index contributed by atoms with van der Waals surface area (Å²) in [5, 5.41) is 9.20. The van der Waals surface area contributed by atoms with Gasteiger partial charge in [0.05, 0.1) is 5.75 Å². The maximum absolute atomic E-state index is 12.4. The maximum atomic E-state index is 12.4. The van der Waals surface area contributed by atoms with Gasteiger partial charge in [-0.25, -0.2) is 0 Å². The van der Waals surface area contributed by atoms with Gasteiger partial charge in [-0.15, -0.1) is 10.2 Å². The molecular formula is C20H28N4O2S. The topological polar surface area (TPSA) is 60.3 Å². The molecule has 1 fully saturated rings. The normalized spacial score (nSPS) is 17.2. The fraction of sp³-hybridized carbons (Fsp3) is 0.550. The van der Waals surface area contributed by atoms with E-state index in [9.17, 15) is 4.79 Å². The van der Waals surface area contributed by atoms with Crippen LogP contribution in [0.2, 0.25) is 0 Å². The van der Waals surface area contributed by atoms with Gasteiger partial charge in [-0.05, 0) is 49.8 Å². The van der Waals surface area contributed by atoms with E-state index in [4.69, 9.17) is 4.74 Å². The quantitative estimate of drug-likeness (QED) is 0.710. The number of ether oxygens (including phenoxy) is 1. The average Bonchev–Trinajstić information content (AvgIpc) is 3.01. The van der Waals surface area contributed by atoms with E-state index in [1.165, 1.54) is 23.7 Å². The van der Waals surface area contributed by atoms with E-state index in [1.54, 1.807) is 0 Å². The lowest BCUT2D eigenvalue weighted by molar-refractivity contribution is -0.130. The first-order valence-corrected chi connectivity index (χ1v) is 10.4. The van der Waals surface area contributed by atoms with E-state index in [0.717, 1.165) is 41.8 Å². The van der Waals surface area contributed by atoms with E-state index < -0.39 is 0 Å². The van der Waals surface area contributed by atoms with Gasteiger partial charge >= 0.3 is 0 Å². The smallest absolute Gasteiger partial charge is 0.233 e. The molecule has 1 aliphatic rings. The van der Waals surface area contributed by atoms with E-state index in [-0.39, 0.29) is 5.91 Å². The van der Waals surface area contributed by atoms with Crippen LogP contribution in [0, 0.1) is 19.8 Å². The lowest BCUT2D eigenvalue weighted by Gasteiger charge is -2.30. The summed E-state index contributed by atoms with van der Waals surface area (Å²) in [7, 11) is 1.91. The monoisotopic (exact) mass is 388 g/mol. The van der Waals surface area contributed by atoms with E-state index in [1.807, 2.05) is 28.6 Å². The first-order valence-electron chi connectivity index (χ1n) is 9.43. The van der Waals surface area contributed by atoms with Crippen molar-refractivity contribution in [2.45, 2.75) is 45.4 Å². The van der Waals surface area contributed by atoms with Crippen LogP contribution in [0.25, 0.3) is 0 Å². The second kappa shape index (κ2) is 8.78. The van der Waals surface area contributed by atoms with Gasteiger partial charge in [-0.1, -0.05) is 30.8 Å². The predicted molar refractivity (Wildman–Crippen MR) is 107 cm³/mol. The lowest BCUT2D eigenvalue weighted by atomic mass is 10.0. The molecule has 0 bridgehead atoms. The molecule has 27 heavy (non-hydrogen) atoms. The maximum Gasteiger partial charge on any atom is 0.233 e. The highest BCUT2D eigenvalue weighted by molar-refractivity contribution is 7.99. The zero-order valence-corrected chi connectivity index (χ0v) is 17.4. The van der Waals surface area contributed by atoms with Crippen LogP contribution in [0.5, 0.6) is 5.75 Å². The Morgan fingerprint density at radius 3 is 2.93 bits per heavy atom. The van der Waals surface area contributed by atoms with Crippen molar-refractivity contribution < 1.29 is 9.53 Å². The Labute approximate surface area is 165 Å². The number of likely N-dealkylation sites (tertiary alicyclic amines) is 1. The number of benzene rings is 1. The first kappa shape index (κ1) is 19.7. The molecule has 6 nitrogen and oxygen atoms in total. The van der Waals surface area contributed by atoms with Crippen molar-refractivity contribution in [1.29, 1.82) is 0 Å².